The van der Waals surface area contributed by atoms with Gasteiger partial charge in [0.25, 0.3) is 0 Å². The molecular formula is C33H40BrN3O3. The van der Waals surface area contributed by atoms with Crippen LogP contribution in [0.3, 0.4) is 0 Å². The summed E-state index contributed by atoms with van der Waals surface area (Å²) >= 11 is 3.51. The van der Waals surface area contributed by atoms with Crippen molar-refractivity contribution in [2.75, 3.05) is 33.2 Å². The van der Waals surface area contributed by atoms with Gasteiger partial charge in [0, 0.05) is 50.3 Å². The van der Waals surface area contributed by atoms with E-state index < -0.39 is 11.8 Å². The Morgan fingerprint density at radius 3 is 2.08 bits per heavy atom. The van der Waals surface area contributed by atoms with Gasteiger partial charge < -0.3 is 14.5 Å². The van der Waals surface area contributed by atoms with Crippen molar-refractivity contribution >= 4 is 27.7 Å². The van der Waals surface area contributed by atoms with Crippen LogP contribution in [0.2, 0.25) is 0 Å². The lowest BCUT2D eigenvalue weighted by Gasteiger charge is -2.39. The van der Waals surface area contributed by atoms with Gasteiger partial charge in [0.05, 0.1) is 0 Å². The monoisotopic (exact) mass is 605 g/mol. The van der Waals surface area contributed by atoms with Crippen LogP contribution in [-0.4, -0.2) is 59.7 Å². The van der Waals surface area contributed by atoms with Gasteiger partial charge in [-0.3, -0.25) is 14.5 Å². The number of hydrogen-bond acceptors (Lipinski definition) is 4. The molecule has 1 heterocycles. The van der Waals surface area contributed by atoms with Crippen molar-refractivity contribution in [2.45, 2.75) is 53.3 Å². The Morgan fingerprint density at radius 1 is 0.900 bits per heavy atom. The number of piperazine rings is 1. The number of likely N-dealkylation sites (N-methyl/N-ethyl adjacent to an activating group) is 1. The number of amides is 2. The molecule has 1 aliphatic heterocycles. The van der Waals surface area contributed by atoms with Gasteiger partial charge in [-0.1, -0.05) is 76.9 Å². The maximum absolute atomic E-state index is 13.1. The van der Waals surface area contributed by atoms with Crippen LogP contribution in [-0.2, 0) is 22.7 Å². The van der Waals surface area contributed by atoms with Gasteiger partial charge in [0.2, 0.25) is 0 Å². The summed E-state index contributed by atoms with van der Waals surface area (Å²) in [6, 6.07) is 21.2. The molecule has 0 saturated carbocycles. The summed E-state index contributed by atoms with van der Waals surface area (Å²) in [4.78, 5) is 31.8. The van der Waals surface area contributed by atoms with Crippen LogP contribution in [0, 0.1) is 20.8 Å². The Labute approximate surface area is 247 Å². The summed E-state index contributed by atoms with van der Waals surface area (Å²) in [5.41, 5.74) is 6.63. The lowest BCUT2D eigenvalue weighted by atomic mass is 10.0. The van der Waals surface area contributed by atoms with Crippen molar-refractivity contribution in [1.82, 2.24) is 14.7 Å². The molecule has 1 unspecified atom stereocenters. The minimum absolute atomic E-state index is 0.305. The first-order chi connectivity index (χ1) is 19.2. The lowest BCUT2D eigenvalue weighted by Crippen LogP contribution is -2.53. The van der Waals surface area contributed by atoms with Crippen molar-refractivity contribution in [2.24, 2.45) is 0 Å². The molecule has 1 atom stereocenters. The molecule has 212 valence electrons. The first-order valence-electron chi connectivity index (χ1n) is 14.0. The topological polar surface area (TPSA) is 53.1 Å². The zero-order valence-corrected chi connectivity index (χ0v) is 25.8. The summed E-state index contributed by atoms with van der Waals surface area (Å²) in [7, 11) is 1.70. The van der Waals surface area contributed by atoms with Crippen molar-refractivity contribution in [1.29, 1.82) is 0 Å². The molecule has 1 fully saturated rings. The molecule has 3 aromatic rings. The van der Waals surface area contributed by atoms with Gasteiger partial charge in [0.15, 0.2) is 0 Å². The Kier molecular flexibility index (Phi) is 10.0. The highest BCUT2D eigenvalue weighted by molar-refractivity contribution is 9.10. The molecule has 0 radical (unpaired) electrons. The largest absolute Gasteiger partial charge is 0.488 e. The molecule has 40 heavy (non-hydrogen) atoms. The van der Waals surface area contributed by atoms with E-state index in [2.05, 4.69) is 83.2 Å². The number of nitrogens with zero attached hydrogens (tertiary/aromatic N) is 3. The van der Waals surface area contributed by atoms with E-state index in [0.29, 0.717) is 32.3 Å². The van der Waals surface area contributed by atoms with Gasteiger partial charge in [-0.05, 0) is 67.1 Å². The average molecular weight is 607 g/mol. The smallest absolute Gasteiger partial charge is 0.312 e. The van der Waals surface area contributed by atoms with E-state index in [4.69, 9.17) is 4.74 Å². The minimum Gasteiger partial charge on any atom is -0.488 e. The van der Waals surface area contributed by atoms with Crippen LogP contribution in [0.1, 0.15) is 52.8 Å². The van der Waals surface area contributed by atoms with Crippen LogP contribution in [0.15, 0.2) is 65.1 Å². The van der Waals surface area contributed by atoms with Gasteiger partial charge in [-0.25, -0.2) is 0 Å². The van der Waals surface area contributed by atoms with Crippen LogP contribution < -0.4 is 4.74 Å². The third-order valence-corrected chi connectivity index (χ3v) is 8.19. The number of hydrogen-bond donors (Lipinski definition) is 0. The molecule has 1 saturated heterocycles. The molecule has 3 aromatic carbocycles. The number of carbonyl (C=O) groups excluding carboxylic acids is 2. The average Bonchev–Trinajstić information content (AvgIpc) is 2.94. The fraction of sp³-hybridized carbons (Fsp3) is 0.394. The minimum atomic E-state index is -0.469. The van der Waals surface area contributed by atoms with Crippen molar-refractivity contribution in [3.8, 4) is 5.75 Å². The van der Waals surface area contributed by atoms with Crippen LogP contribution in [0.5, 0.6) is 5.75 Å². The zero-order chi connectivity index (χ0) is 28.8. The van der Waals surface area contributed by atoms with Gasteiger partial charge in [0.1, 0.15) is 12.4 Å². The number of halogens is 1. The Bertz CT molecular complexity index is 1290. The standard InChI is InChI=1S/C33H40BrN3O3/c1-6-30(28-11-13-29(34)14-12-28)36-15-17-37(18-16-36)33(39)32(38)35(5)21-27-19-24(3)31(25(4)20-27)40-22-26-9-7-23(2)8-10-26/h7-14,19-20,30H,6,15-18,21-22H2,1-5H3. The Morgan fingerprint density at radius 2 is 1.50 bits per heavy atom. The molecule has 6 nitrogen and oxygen atoms in total. The predicted molar refractivity (Wildman–Crippen MR) is 163 cm³/mol. The van der Waals surface area contributed by atoms with Gasteiger partial charge >= 0.3 is 11.8 Å². The highest BCUT2D eigenvalue weighted by Gasteiger charge is 2.30. The molecule has 7 heteroatoms. The van der Waals surface area contributed by atoms with Crippen LogP contribution in [0.25, 0.3) is 0 Å². The van der Waals surface area contributed by atoms with E-state index >= 15 is 0 Å². The summed E-state index contributed by atoms with van der Waals surface area (Å²) in [6.45, 7) is 11.8. The molecule has 0 aliphatic carbocycles. The highest BCUT2D eigenvalue weighted by atomic mass is 79.9. The van der Waals surface area contributed by atoms with E-state index in [-0.39, 0.29) is 0 Å². The number of carbonyl (C=O) groups is 2. The molecular weight excluding hydrogens is 566 g/mol. The van der Waals surface area contributed by atoms with E-state index in [0.717, 1.165) is 52.0 Å². The maximum atomic E-state index is 13.1. The van der Waals surface area contributed by atoms with Crippen LogP contribution >= 0.6 is 15.9 Å². The molecule has 0 aromatic heterocycles. The maximum Gasteiger partial charge on any atom is 0.312 e. The Hall–Kier alpha value is -3.16. The number of aryl methyl sites for hydroxylation is 3. The van der Waals surface area contributed by atoms with Crippen molar-refractivity contribution < 1.29 is 14.3 Å². The SMILES string of the molecule is CCC(c1ccc(Br)cc1)N1CCN(C(=O)C(=O)N(C)Cc2cc(C)c(OCc3ccc(C)cc3)c(C)c2)CC1. The molecule has 0 bridgehead atoms. The molecule has 2 amide bonds. The molecule has 0 N–H and O–H groups in total. The summed E-state index contributed by atoms with van der Waals surface area (Å²) < 4.78 is 7.20. The quantitative estimate of drug-likeness (QED) is 0.287. The number of rotatable bonds is 8. The van der Waals surface area contributed by atoms with E-state index in [1.807, 2.05) is 26.0 Å². The van der Waals surface area contributed by atoms with E-state index in [1.54, 1.807) is 11.9 Å². The fourth-order valence-electron chi connectivity index (χ4n) is 5.47. The third kappa shape index (κ3) is 7.32. The fourth-order valence-corrected chi connectivity index (χ4v) is 5.73. The van der Waals surface area contributed by atoms with Gasteiger partial charge in [-0.15, -0.1) is 0 Å². The van der Waals surface area contributed by atoms with Crippen LogP contribution in [0.4, 0.5) is 0 Å². The zero-order valence-electron chi connectivity index (χ0n) is 24.2. The van der Waals surface area contributed by atoms with Gasteiger partial charge in [-0.2, -0.15) is 0 Å². The number of benzene rings is 3. The summed E-state index contributed by atoms with van der Waals surface area (Å²) in [5.74, 6) is -0.0329. The predicted octanol–water partition coefficient (Wildman–Crippen LogP) is 6.21. The highest BCUT2D eigenvalue weighted by Crippen LogP contribution is 2.28. The second-order valence-corrected chi connectivity index (χ2v) is 11.7. The van der Waals surface area contributed by atoms with E-state index in [1.165, 1.54) is 16.0 Å². The first kappa shape index (κ1) is 29.8. The lowest BCUT2D eigenvalue weighted by molar-refractivity contribution is -0.152. The summed E-state index contributed by atoms with van der Waals surface area (Å²) in [6.07, 6.45) is 0.992. The van der Waals surface area contributed by atoms with Crippen molar-refractivity contribution in [3.63, 3.8) is 0 Å². The molecule has 0 spiro atoms. The third-order valence-electron chi connectivity index (χ3n) is 7.66. The Balaban J connectivity index is 1.31. The second-order valence-electron chi connectivity index (χ2n) is 10.8. The number of ether oxygens (including phenoxy) is 1. The van der Waals surface area contributed by atoms with Crippen molar-refractivity contribution in [3.05, 3.63) is 98.5 Å². The second kappa shape index (κ2) is 13.5. The first-order valence-corrected chi connectivity index (χ1v) is 14.8. The normalized spacial score (nSPS) is 14.6. The molecule has 4 rings (SSSR count). The molecule has 1 aliphatic rings. The summed E-state index contributed by atoms with van der Waals surface area (Å²) in [5, 5.41) is 0. The van der Waals surface area contributed by atoms with E-state index in [9.17, 15) is 9.59 Å².